The third-order valence-electron chi connectivity index (χ3n) is 4.55. The Morgan fingerprint density at radius 1 is 1.46 bits per heavy atom. The van der Waals surface area contributed by atoms with Gasteiger partial charge in [-0.15, -0.1) is 0 Å². The molecule has 0 aromatic carbocycles. The Kier molecular flexibility index (Phi) is 4.48. The molecule has 1 saturated heterocycles. The molecule has 8 nitrogen and oxygen atoms in total. The molecule has 1 aromatic heterocycles. The van der Waals surface area contributed by atoms with Crippen molar-refractivity contribution in [3.05, 3.63) is 23.4 Å². The fraction of sp³-hybridized carbons (Fsp3) is 0.500. The third kappa shape index (κ3) is 3.09. The quantitative estimate of drug-likeness (QED) is 0.770. The van der Waals surface area contributed by atoms with Crippen LogP contribution in [0.3, 0.4) is 0 Å². The van der Waals surface area contributed by atoms with Gasteiger partial charge in [-0.2, -0.15) is 0 Å². The van der Waals surface area contributed by atoms with Crippen molar-refractivity contribution in [2.45, 2.75) is 25.4 Å². The molecule has 0 spiro atoms. The smallest absolute Gasteiger partial charge is 0.321 e. The van der Waals surface area contributed by atoms with Gasteiger partial charge in [0, 0.05) is 25.8 Å². The minimum Gasteiger partial charge on any atom is -0.351 e. The van der Waals surface area contributed by atoms with Crippen molar-refractivity contribution < 1.29 is 14.4 Å². The second-order valence-corrected chi connectivity index (χ2v) is 6.33. The Morgan fingerprint density at radius 2 is 2.25 bits per heavy atom. The van der Waals surface area contributed by atoms with E-state index in [1.807, 2.05) is 22.9 Å². The highest BCUT2D eigenvalue weighted by Crippen LogP contribution is 2.29. The number of aldehydes is 1. The predicted molar refractivity (Wildman–Crippen MR) is 87.4 cm³/mol. The van der Waals surface area contributed by atoms with Crippen molar-refractivity contribution in [2.75, 3.05) is 31.6 Å². The molecular weight excluding hydrogens is 310 g/mol. The van der Waals surface area contributed by atoms with Crippen LogP contribution in [0, 0.1) is 0 Å². The first-order chi connectivity index (χ1) is 11.5. The van der Waals surface area contributed by atoms with Gasteiger partial charge in [0.15, 0.2) is 0 Å². The first-order valence-corrected chi connectivity index (χ1v) is 7.97. The van der Waals surface area contributed by atoms with E-state index in [1.54, 1.807) is 6.20 Å². The minimum absolute atomic E-state index is 0.0984. The first-order valence-electron chi connectivity index (χ1n) is 7.97. The summed E-state index contributed by atoms with van der Waals surface area (Å²) in [5, 5.41) is 0. The number of carbonyl (C=O) groups excluding carboxylic acids is 3. The molecular formula is C16H21N5O3. The van der Waals surface area contributed by atoms with Gasteiger partial charge in [-0.3, -0.25) is 14.6 Å². The fourth-order valence-corrected chi connectivity index (χ4v) is 3.24. The normalized spacial score (nSPS) is 21.5. The van der Waals surface area contributed by atoms with Gasteiger partial charge in [0.1, 0.15) is 12.1 Å². The van der Waals surface area contributed by atoms with Crippen LogP contribution in [0.2, 0.25) is 0 Å². The molecule has 0 saturated carbocycles. The lowest BCUT2D eigenvalue weighted by Gasteiger charge is -2.33. The number of hydrogen-bond acceptors (Lipinski definition) is 5. The Balaban J connectivity index is 1.80. The van der Waals surface area contributed by atoms with Crippen molar-refractivity contribution in [3.8, 4) is 0 Å². The van der Waals surface area contributed by atoms with Crippen LogP contribution in [-0.4, -0.2) is 65.7 Å². The monoisotopic (exact) mass is 331 g/mol. The van der Waals surface area contributed by atoms with Gasteiger partial charge >= 0.3 is 6.03 Å². The maximum absolute atomic E-state index is 12.1. The lowest BCUT2D eigenvalue weighted by Crippen LogP contribution is -2.48. The molecule has 2 aliphatic rings. The molecule has 1 fully saturated rings. The summed E-state index contributed by atoms with van der Waals surface area (Å²) in [7, 11) is 1.93. The molecule has 8 heteroatoms. The van der Waals surface area contributed by atoms with Crippen LogP contribution >= 0.6 is 0 Å². The van der Waals surface area contributed by atoms with Crippen molar-refractivity contribution in [1.29, 1.82) is 0 Å². The molecule has 3 amide bonds. The molecule has 3 rings (SSSR count). The topological polar surface area (TPSA) is 99.8 Å². The molecule has 2 aliphatic heterocycles. The zero-order valence-corrected chi connectivity index (χ0v) is 13.6. The number of amides is 3. The molecule has 0 radical (unpaired) electrons. The molecule has 3 heterocycles. The average molecular weight is 331 g/mol. The number of rotatable bonds is 3. The van der Waals surface area contributed by atoms with E-state index in [9.17, 15) is 14.4 Å². The maximum atomic E-state index is 12.1. The number of aryl methyl sites for hydroxylation is 1. The van der Waals surface area contributed by atoms with Crippen molar-refractivity contribution in [1.82, 2.24) is 14.8 Å². The molecule has 1 unspecified atom stereocenters. The van der Waals surface area contributed by atoms with Gasteiger partial charge in [0.25, 0.3) is 0 Å². The van der Waals surface area contributed by atoms with E-state index >= 15 is 0 Å². The van der Waals surface area contributed by atoms with Gasteiger partial charge in [-0.25, -0.2) is 9.78 Å². The summed E-state index contributed by atoms with van der Waals surface area (Å²) in [4.78, 5) is 44.3. The number of fused-ring (bicyclic) bond motifs is 1. The second-order valence-electron chi connectivity index (χ2n) is 6.33. The Bertz CT molecular complexity index is 678. The average Bonchev–Trinajstić information content (AvgIpc) is 2.56. The first kappa shape index (κ1) is 16.4. The van der Waals surface area contributed by atoms with E-state index in [0.29, 0.717) is 38.3 Å². The van der Waals surface area contributed by atoms with Crippen LogP contribution < -0.4 is 10.6 Å². The van der Waals surface area contributed by atoms with Crippen molar-refractivity contribution in [3.63, 3.8) is 0 Å². The summed E-state index contributed by atoms with van der Waals surface area (Å²) < 4.78 is 0. The fourth-order valence-electron chi connectivity index (χ4n) is 3.24. The summed E-state index contributed by atoms with van der Waals surface area (Å²) in [6, 6.07) is 0.709. The van der Waals surface area contributed by atoms with Gasteiger partial charge in [-0.1, -0.05) is 0 Å². The zero-order chi connectivity index (χ0) is 17.3. The number of carbonyl (C=O) groups is 3. The summed E-state index contributed by atoms with van der Waals surface area (Å²) in [6.07, 6.45) is 3.55. The van der Waals surface area contributed by atoms with Gasteiger partial charge in [-0.05, 0) is 37.1 Å². The van der Waals surface area contributed by atoms with E-state index in [-0.39, 0.29) is 5.91 Å². The summed E-state index contributed by atoms with van der Waals surface area (Å²) in [5.41, 5.74) is 7.20. The number of likely N-dealkylation sites (N-methyl/N-ethyl adjacent to an activating group) is 1. The Morgan fingerprint density at radius 3 is 2.92 bits per heavy atom. The highest BCUT2D eigenvalue weighted by atomic mass is 16.2. The molecule has 0 aliphatic carbocycles. The summed E-state index contributed by atoms with van der Waals surface area (Å²) in [6.45, 7) is 2.46. The van der Waals surface area contributed by atoms with Crippen molar-refractivity contribution >= 4 is 24.0 Å². The zero-order valence-electron chi connectivity index (χ0n) is 13.6. The van der Waals surface area contributed by atoms with E-state index < -0.39 is 12.1 Å². The molecule has 0 bridgehead atoms. The highest BCUT2D eigenvalue weighted by molar-refractivity contribution is 5.95. The summed E-state index contributed by atoms with van der Waals surface area (Å²) in [5.74, 6) is 0.542. The van der Waals surface area contributed by atoms with E-state index in [2.05, 4.69) is 4.98 Å². The van der Waals surface area contributed by atoms with Crippen LogP contribution in [0.15, 0.2) is 12.3 Å². The number of pyridine rings is 1. The van der Waals surface area contributed by atoms with Crippen LogP contribution in [0.25, 0.3) is 0 Å². The second kappa shape index (κ2) is 6.56. The number of hydrogen-bond donors (Lipinski definition) is 1. The molecule has 1 atom stereocenters. The van der Waals surface area contributed by atoms with Crippen LogP contribution in [0.5, 0.6) is 0 Å². The van der Waals surface area contributed by atoms with Gasteiger partial charge < -0.3 is 15.4 Å². The number of aromatic nitrogens is 1. The molecule has 128 valence electrons. The van der Waals surface area contributed by atoms with Gasteiger partial charge in [0.05, 0.1) is 12.6 Å². The number of nitrogens with zero attached hydrogens (tertiary/aromatic N) is 4. The minimum atomic E-state index is -0.678. The van der Waals surface area contributed by atoms with E-state index in [1.165, 1.54) is 4.90 Å². The largest absolute Gasteiger partial charge is 0.351 e. The molecule has 2 N–H and O–H groups in total. The number of piperazine rings is 1. The number of nitrogens with two attached hydrogens (primary N) is 1. The van der Waals surface area contributed by atoms with Gasteiger partial charge in [0.2, 0.25) is 5.91 Å². The predicted octanol–water partition coefficient (Wildman–Crippen LogP) is -0.246. The number of urea groups is 1. The van der Waals surface area contributed by atoms with Crippen molar-refractivity contribution in [2.24, 2.45) is 5.73 Å². The molecule has 24 heavy (non-hydrogen) atoms. The Hall–Kier alpha value is -2.48. The highest BCUT2D eigenvalue weighted by Gasteiger charge is 2.31. The maximum Gasteiger partial charge on any atom is 0.321 e. The van der Waals surface area contributed by atoms with E-state index in [4.69, 9.17) is 5.73 Å². The summed E-state index contributed by atoms with van der Waals surface area (Å²) >= 11 is 0. The lowest BCUT2D eigenvalue weighted by atomic mass is 9.98. The number of primary amides is 1. The lowest BCUT2D eigenvalue weighted by molar-refractivity contribution is -0.136. The van der Waals surface area contributed by atoms with Crippen LogP contribution in [0.1, 0.15) is 17.5 Å². The number of anilines is 1. The SMILES string of the molecule is CN1CCN(Cc2cnc3c(c2)CCC(C=O)N3C(N)=O)C(=O)C1. The third-order valence-corrected chi connectivity index (χ3v) is 4.55. The standard InChI is InChI=1S/C16H21N5O3/c1-19-4-5-20(14(23)9-19)8-11-6-12-2-3-13(10-22)21(16(17)24)15(12)18-7-11/h6-7,10,13H,2-5,8-9H2,1H3,(H2,17,24). The Labute approximate surface area is 140 Å². The molecule has 1 aromatic rings. The van der Waals surface area contributed by atoms with Crippen LogP contribution in [0.4, 0.5) is 10.6 Å². The van der Waals surface area contributed by atoms with E-state index in [0.717, 1.165) is 24.0 Å². The van der Waals surface area contributed by atoms with Crippen LogP contribution in [-0.2, 0) is 22.6 Å².